The smallest absolute Gasteiger partial charge is 0.243 e. The summed E-state index contributed by atoms with van der Waals surface area (Å²) in [5.74, 6) is 0. The van der Waals surface area contributed by atoms with E-state index in [2.05, 4.69) is 4.99 Å². The van der Waals surface area contributed by atoms with Crippen LogP contribution in [0.5, 0.6) is 0 Å². The molecule has 0 radical (unpaired) electrons. The van der Waals surface area contributed by atoms with Crippen molar-refractivity contribution in [3.63, 3.8) is 0 Å². The van der Waals surface area contributed by atoms with E-state index >= 15 is 0 Å². The minimum Gasteiger partial charge on any atom is -0.243 e. The second-order valence-electron chi connectivity index (χ2n) is 2.96. The lowest BCUT2D eigenvalue weighted by Crippen LogP contribution is -2.22. The zero-order chi connectivity index (χ0) is 13.2. The molecule has 0 N–H and O–H groups in total. The van der Waals surface area contributed by atoms with Crippen molar-refractivity contribution in [2.75, 3.05) is 0 Å². The molecule has 17 heavy (non-hydrogen) atoms. The number of halogens is 7. The molecule has 0 aliphatic heterocycles. The lowest BCUT2D eigenvalue weighted by Gasteiger charge is -2.09. The molecule has 0 aliphatic carbocycles. The minimum absolute atomic E-state index is 0.166. The normalized spacial score (nSPS) is 14.9. The van der Waals surface area contributed by atoms with Gasteiger partial charge in [-0.3, -0.25) is 0 Å². The monoisotopic (exact) mass is 323 g/mol. The third-order valence-electron chi connectivity index (χ3n) is 1.60. The summed E-state index contributed by atoms with van der Waals surface area (Å²) in [7, 11) is 0. The van der Waals surface area contributed by atoms with E-state index in [1.165, 1.54) is 18.2 Å². The lowest BCUT2D eigenvalue weighted by molar-refractivity contribution is -0.128. The SMILES string of the molecule is FC(F)(F)C(Cl)/N=C(\Cl)c1cc(Cl)cc(Cl)c1. The van der Waals surface area contributed by atoms with Crippen LogP contribution < -0.4 is 0 Å². The Hall–Kier alpha value is -0.160. The topological polar surface area (TPSA) is 12.4 Å². The van der Waals surface area contributed by atoms with Crippen LogP contribution in [0.15, 0.2) is 23.2 Å². The van der Waals surface area contributed by atoms with Gasteiger partial charge in [-0.1, -0.05) is 46.4 Å². The maximum absolute atomic E-state index is 12.1. The van der Waals surface area contributed by atoms with Gasteiger partial charge in [0.2, 0.25) is 5.50 Å². The highest BCUT2D eigenvalue weighted by molar-refractivity contribution is 6.70. The highest BCUT2D eigenvalue weighted by atomic mass is 35.5. The highest BCUT2D eigenvalue weighted by Gasteiger charge is 2.38. The van der Waals surface area contributed by atoms with Gasteiger partial charge in [0.25, 0.3) is 0 Å². The fraction of sp³-hybridized carbons (Fsp3) is 0.222. The molecule has 1 atom stereocenters. The van der Waals surface area contributed by atoms with Crippen LogP contribution in [0, 0.1) is 0 Å². The van der Waals surface area contributed by atoms with E-state index in [-0.39, 0.29) is 15.6 Å². The molecule has 0 saturated heterocycles. The number of nitrogens with zero attached hydrogens (tertiary/aromatic N) is 1. The van der Waals surface area contributed by atoms with E-state index < -0.39 is 16.8 Å². The molecule has 0 aliphatic rings. The number of rotatable bonds is 2. The van der Waals surface area contributed by atoms with Crippen molar-refractivity contribution >= 4 is 51.6 Å². The Kier molecular flexibility index (Phi) is 4.95. The molecule has 8 heteroatoms. The van der Waals surface area contributed by atoms with Crippen LogP contribution in [0.2, 0.25) is 10.0 Å². The molecular formula is C9H4Cl4F3N. The maximum Gasteiger partial charge on any atom is 0.424 e. The third kappa shape index (κ3) is 4.54. The van der Waals surface area contributed by atoms with Crippen LogP contribution in [0.1, 0.15) is 5.56 Å². The number of alkyl halides is 4. The molecule has 0 bridgehead atoms. The lowest BCUT2D eigenvalue weighted by atomic mass is 10.2. The molecule has 0 heterocycles. The summed E-state index contributed by atoms with van der Waals surface area (Å²) in [6.45, 7) is 0. The zero-order valence-corrected chi connectivity index (χ0v) is 10.9. The van der Waals surface area contributed by atoms with E-state index in [1.807, 2.05) is 0 Å². The van der Waals surface area contributed by atoms with Gasteiger partial charge in [0, 0.05) is 15.6 Å². The molecule has 0 aromatic heterocycles. The van der Waals surface area contributed by atoms with Gasteiger partial charge >= 0.3 is 6.18 Å². The average molecular weight is 325 g/mol. The van der Waals surface area contributed by atoms with Crippen LogP contribution in [-0.2, 0) is 0 Å². The van der Waals surface area contributed by atoms with Crippen molar-refractivity contribution < 1.29 is 13.2 Å². The Morgan fingerprint density at radius 3 is 2.00 bits per heavy atom. The van der Waals surface area contributed by atoms with Crippen molar-refractivity contribution in [2.45, 2.75) is 11.7 Å². The van der Waals surface area contributed by atoms with Crippen molar-refractivity contribution in [3.05, 3.63) is 33.8 Å². The summed E-state index contributed by atoms with van der Waals surface area (Å²) in [4.78, 5) is 3.11. The van der Waals surface area contributed by atoms with Gasteiger partial charge in [0.05, 0.1) is 0 Å². The first kappa shape index (κ1) is 14.9. The predicted molar refractivity (Wildman–Crippen MR) is 64.5 cm³/mol. The molecule has 1 nitrogen and oxygen atoms in total. The minimum atomic E-state index is -4.66. The van der Waals surface area contributed by atoms with Gasteiger partial charge in [0.15, 0.2) is 0 Å². The van der Waals surface area contributed by atoms with Crippen molar-refractivity contribution in [1.82, 2.24) is 0 Å². The molecular weight excluding hydrogens is 321 g/mol. The summed E-state index contributed by atoms with van der Waals surface area (Å²) in [6.07, 6.45) is -4.66. The number of hydrogen-bond acceptors (Lipinski definition) is 1. The van der Waals surface area contributed by atoms with Crippen LogP contribution in [0.4, 0.5) is 13.2 Å². The van der Waals surface area contributed by atoms with E-state index in [0.717, 1.165) is 0 Å². The summed E-state index contributed by atoms with van der Waals surface area (Å²) in [5.41, 5.74) is -2.24. The zero-order valence-electron chi connectivity index (χ0n) is 7.90. The van der Waals surface area contributed by atoms with Gasteiger partial charge in [-0.05, 0) is 18.2 Å². The van der Waals surface area contributed by atoms with Gasteiger partial charge in [-0.2, -0.15) is 13.2 Å². The Morgan fingerprint density at radius 1 is 1.12 bits per heavy atom. The van der Waals surface area contributed by atoms with Gasteiger partial charge in [0.1, 0.15) is 5.17 Å². The molecule has 0 spiro atoms. The van der Waals surface area contributed by atoms with E-state index in [0.29, 0.717) is 0 Å². The summed E-state index contributed by atoms with van der Waals surface area (Å²) < 4.78 is 36.4. The standard InChI is InChI=1S/C9H4Cl4F3N/c10-5-1-4(2-6(11)3-5)7(12)17-8(13)9(14,15)16/h1-3,8H/b17-7-. The van der Waals surface area contributed by atoms with Crippen molar-refractivity contribution in [2.24, 2.45) is 4.99 Å². The molecule has 1 aromatic rings. The largest absolute Gasteiger partial charge is 0.424 e. The van der Waals surface area contributed by atoms with Gasteiger partial charge < -0.3 is 0 Å². The first-order valence-electron chi connectivity index (χ1n) is 4.10. The van der Waals surface area contributed by atoms with Crippen LogP contribution in [0.3, 0.4) is 0 Å². The predicted octanol–water partition coefficient (Wildman–Crippen LogP) is 5.11. The fourth-order valence-electron chi connectivity index (χ4n) is 0.920. The summed E-state index contributed by atoms with van der Waals surface area (Å²) >= 11 is 22.0. The number of hydrogen-bond donors (Lipinski definition) is 0. The second kappa shape index (κ2) is 5.65. The van der Waals surface area contributed by atoms with Gasteiger partial charge in [-0.15, -0.1) is 0 Å². The number of benzene rings is 1. The number of aliphatic imine (C=N–C) groups is 1. The Morgan fingerprint density at radius 2 is 1.59 bits per heavy atom. The first-order chi connectivity index (χ1) is 7.70. The highest BCUT2D eigenvalue weighted by Crippen LogP contribution is 2.27. The Labute approximate surface area is 115 Å². The molecule has 0 saturated carbocycles. The molecule has 0 amide bonds. The second-order valence-corrected chi connectivity index (χ2v) is 4.60. The van der Waals surface area contributed by atoms with E-state index in [4.69, 9.17) is 46.4 Å². The molecule has 0 fully saturated rings. The molecule has 1 unspecified atom stereocenters. The molecule has 1 aromatic carbocycles. The first-order valence-corrected chi connectivity index (χ1v) is 5.67. The molecule has 1 rings (SSSR count). The van der Waals surface area contributed by atoms with Crippen molar-refractivity contribution in [1.29, 1.82) is 0 Å². The van der Waals surface area contributed by atoms with Gasteiger partial charge in [-0.25, -0.2) is 4.99 Å². The third-order valence-corrected chi connectivity index (χ3v) is 2.69. The van der Waals surface area contributed by atoms with E-state index in [9.17, 15) is 13.2 Å². The fourth-order valence-corrected chi connectivity index (χ4v) is 1.80. The van der Waals surface area contributed by atoms with E-state index in [1.54, 1.807) is 0 Å². The van der Waals surface area contributed by atoms with Crippen molar-refractivity contribution in [3.8, 4) is 0 Å². The maximum atomic E-state index is 12.1. The Balaban J connectivity index is 3.04. The Bertz CT molecular complexity index is 424. The average Bonchev–Trinajstić information content (AvgIpc) is 2.14. The molecule has 94 valence electrons. The van der Waals surface area contributed by atoms with Crippen LogP contribution in [-0.4, -0.2) is 16.8 Å². The van der Waals surface area contributed by atoms with Crippen LogP contribution >= 0.6 is 46.4 Å². The summed E-state index contributed by atoms with van der Waals surface area (Å²) in [5, 5.41) is 0.0599. The quantitative estimate of drug-likeness (QED) is 0.407. The summed E-state index contributed by atoms with van der Waals surface area (Å²) in [6, 6.07) is 4.08. The van der Waals surface area contributed by atoms with Crippen LogP contribution in [0.25, 0.3) is 0 Å².